The van der Waals surface area contributed by atoms with E-state index in [-0.39, 0.29) is 0 Å². The molecule has 14 aromatic rings. The van der Waals surface area contributed by atoms with Gasteiger partial charge in [-0.15, -0.1) is 0 Å². The molecule has 0 saturated carbocycles. The highest BCUT2D eigenvalue weighted by Crippen LogP contribution is 2.50. The van der Waals surface area contributed by atoms with Gasteiger partial charge in [-0.2, -0.15) is 0 Å². The molecule has 0 unspecified atom stereocenters. The van der Waals surface area contributed by atoms with Crippen LogP contribution in [0.15, 0.2) is 241 Å². The second-order valence-corrected chi connectivity index (χ2v) is 17.4. The van der Waals surface area contributed by atoms with E-state index in [4.69, 9.17) is 4.42 Å². The third-order valence-electron chi connectivity index (χ3n) is 14.0. The Bertz CT molecular complexity index is 4160. The quantitative estimate of drug-likeness (QED) is 0.158. The highest BCUT2D eigenvalue weighted by atomic mass is 16.3. The lowest BCUT2D eigenvalue weighted by Crippen LogP contribution is -1.96. The molecule has 12 aromatic carbocycles. The predicted octanol–water partition coefficient (Wildman–Crippen LogP) is 18.0. The minimum Gasteiger partial charge on any atom is -0.456 e. The van der Waals surface area contributed by atoms with Crippen LogP contribution < -0.4 is 0 Å². The maximum atomic E-state index is 6.94. The van der Waals surface area contributed by atoms with Gasteiger partial charge in [-0.1, -0.05) is 200 Å². The Balaban J connectivity index is 1.01. The fourth-order valence-electron chi connectivity index (χ4n) is 11.3. The van der Waals surface area contributed by atoms with E-state index in [1.807, 2.05) is 0 Å². The molecule has 0 spiro atoms. The minimum absolute atomic E-state index is 0.874. The summed E-state index contributed by atoms with van der Waals surface area (Å²) in [5.74, 6) is 0. The van der Waals surface area contributed by atoms with Gasteiger partial charge >= 0.3 is 0 Å². The van der Waals surface area contributed by atoms with Gasteiger partial charge in [-0.3, -0.25) is 0 Å². The smallest absolute Gasteiger partial charge is 0.136 e. The minimum atomic E-state index is 0.874. The van der Waals surface area contributed by atoms with Crippen molar-refractivity contribution in [3.8, 4) is 50.2 Å². The van der Waals surface area contributed by atoms with Crippen molar-refractivity contribution < 1.29 is 4.42 Å². The van der Waals surface area contributed by atoms with Gasteiger partial charge in [0, 0.05) is 32.8 Å². The van der Waals surface area contributed by atoms with Crippen molar-refractivity contribution in [1.29, 1.82) is 0 Å². The van der Waals surface area contributed by atoms with Crippen molar-refractivity contribution in [3.05, 3.63) is 237 Å². The van der Waals surface area contributed by atoms with E-state index in [1.54, 1.807) is 0 Å². The number of fused-ring (bicyclic) bond motifs is 10. The summed E-state index contributed by atoms with van der Waals surface area (Å²) in [7, 11) is 0. The van der Waals surface area contributed by atoms with Crippen LogP contribution in [0.25, 0.3) is 137 Å². The van der Waals surface area contributed by atoms with Crippen molar-refractivity contribution in [2.45, 2.75) is 0 Å². The summed E-state index contributed by atoms with van der Waals surface area (Å²) in [5.41, 5.74) is 15.0. The normalized spacial score (nSPS) is 11.9. The Labute approximate surface area is 380 Å². The molecule has 14 rings (SSSR count). The fourth-order valence-corrected chi connectivity index (χ4v) is 11.3. The molecule has 0 bridgehead atoms. The molecular weight excluding hydrogens is 799 g/mol. The van der Waals surface area contributed by atoms with E-state index in [9.17, 15) is 0 Å². The lowest BCUT2D eigenvalue weighted by Gasteiger charge is -2.19. The number of aromatic nitrogens is 1. The number of hydrogen-bond acceptors (Lipinski definition) is 1. The molecule has 0 radical (unpaired) electrons. The van der Waals surface area contributed by atoms with Gasteiger partial charge in [0.1, 0.15) is 11.2 Å². The number of rotatable bonds is 5. The zero-order valence-corrected chi connectivity index (χ0v) is 35.9. The number of hydrogen-bond donors (Lipinski definition) is 0. The number of nitrogens with zero attached hydrogens (tertiary/aromatic N) is 1. The monoisotopic (exact) mass is 837 g/mol. The molecule has 0 fully saturated rings. The molecule has 0 saturated heterocycles. The predicted molar refractivity (Wildman–Crippen MR) is 280 cm³/mol. The molecule has 0 aliphatic carbocycles. The Morgan fingerprint density at radius 1 is 0.273 bits per heavy atom. The first-order valence-corrected chi connectivity index (χ1v) is 22.8. The number of furan rings is 1. The number of para-hydroxylation sites is 3. The number of benzene rings is 12. The van der Waals surface area contributed by atoms with E-state index in [0.717, 1.165) is 33.2 Å². The first kappa shape index (κ1) is 36.7. The first-order chi connectivity index (χ1) is 32.8. The molecule has 2 aromatic heterocycles. The highest BCUT2D eigenvalue weighted by molar-refractivity contribution is 6.28. The van der Waals surface area contributed by atoms with Crippen LogP contribution in [-0.2, 0) is 0 Å². The van der Waals surface area contributed by atoms with Crippen molar-refractivity contribution in [3.63, 3.8) is 0 Å². The standard InChI is InChI=1S/C64H39NO/c1-3-19-40(20-4-1)59-44-24-7-11-28-48(44)61(49-29-12-8-25-45(49)59)54-33-18-36-57-63(54)53-38-37-41(39-58(53)66-57)60-46-26-9-13-30-50(46)62(51-31-14-10-27-47(51)60)55-34-17-32-52-43-23-15-16-35-56(43)65(64(52)55)42-21-5-2-6-22-42/h1-39H. The summed E-state index contributed by atoms with van der Waals surface area (Å²) >= 11 is 0. The van der Waals surface area contributed by atoms with E-state index in [2.05, 4.69) is 241 Å². The molecular formula is C64H39NO. The fraction of sp³-hybridized carbons (Fsp3) is 0. The summed E-state index contributed by atoms with van der Waals surface area (Å²) in [6, 6.07) is 86.3. The summed E-state index contributed by atoms with van der Waals surface area (Å²) < 4.78 is 9.39. The average Bonchev–Trinajstić information content (AvgIpc) is 3.94. The second kappa shape index (κ2) is 14.4. The van der Waals surface area contributed by atoms with Gasteiger partial charge in [-0.05, 0) is 118 Å². The molecule has 2 nitrogen and oxygen atoms in total. The van der Waals surface area contributed by atoms with Crippen LogP contribution in [0.4, 0.5) is 0 Å². The molecule has 0 aliphatic heterocycles. The molecule has 66 heavy (non-hydrogen) atoms. The van der Waals surface area contributed by atoms with Crippen molar-refractivity contribution in [1.82, 2.24) is 4.57 Å². The summed E-state index contributed by atoms with van der Waals surface area (Å²) in [4.78, 5) is 0. The molecule has 0 atom stereocenters. The average molecular weight is 838 g/mol. The van der Waals surface area contributed by atoms with Gasteiger partial charge in [0.2, 0.25) is 0 Å². The molecule has 0 amide bonds. The van der Waals surface area contributed by atoms with Crippen LogP contribution in [0.5, 0.6) is 0 Å². The van der Waals surface area contributed by atoms with E-state index >= 15 is 0 Å². The zero-order valence-electron chi connectivity index (χ0n) is 35.9. The van der Waals surface area contributed by atoms with Crippen LogP contribution in [0.1, 0.15) is 0 Å². The Kier molecular flexibility index (Phi) is 8.02. The third-order valence-corrected chi connectivity index (χ3v) is 14.0. The van der Waals surface area contributed by atoms with Crippen LogP contribution in [0.2, 0.25) is 0 Å². The van der Waals surface area contributed by atoms with E-state index in [1.165, 1.54) is 104 Å². The van der Waals surface area contributed by atoms with Crippen molar-refractivity contribution >= 4 is 86.8 Å². The Morgan fingerprint density at radius 2 is 0.727 bits per heavy atom. The molecule has 0 N–H and O–H groups in total. The van der Waals surface area contributed by atoms with E-state index in [0.29, 0.717) is 0 Å². The summed E-state index contributed by atoms with van der Waals surface area (Å²) in [5, 5.41) is 14.5. The largest absolute Gasteiger partial charge is 0.456 e. The second-order valence-electron chi connectivity index (χ2n) is 17.4. The molecule has 0 aliphatic rings. The van der Waals surface area contributed by atoms with Crippen molar-refractivity contribution in [2.24, 2.45) is 0 Å². The topological polar surface area (TPSA) is 18.1 Å². The first-order valence-electron chi connectivity index (χ1n) is 22.8. The lowest BCUT2D eigenvalue weighted by molar-refractivity contribution is 0.669. The molecule has 2 heteroatoms. The Hall–Kier alpha value is -8.72. The Morgan fingerprint density at radius 3 is 1.33 bits per heavy atom. The summed E-state index contributed by atoms with van der Waals surface area (Å²) in [6.07, 6.45) is 0. The van der Waals surface area contributed by atoms with Crippen LogP contribution >= 0.6 is 0 Å². The maximum absolute atomic E-state index is 6.94. The maximum Gasteiger partial charge on any atom is 0.136 e. The van der Waals surface area contributed by atoms with Gasteiger partial charge in [-0.25, -0.2) is 0 Å². The third kappa shape index (κ3) is 5.30. The van der Waals surface area contributed by atoms with Crippen molar-refractivity contribution in [2.75, 3.05) is 0 Å². The van der Waals surface area contributed by atoms with Gasteiger partial charge in [0.15, 0.2) is 0 Å². The lowest BCUT2D eigenvalue weighted by atomic mass is 9.84. The highest BCUT2D eigenvalue weighted by Gasteiger charge is 2.24. The molecule has 306 valence electrons. The van der Waals surface area contributed by atoms with Crippen LogP contribution in [-0.4, -0.2) is 4.57 Å². The zero-order chi connectivity index (χ0) is 43.3. The van der Waals surface area contributed by atoms with Gasteiger partial charge < -0.3 is 8.98 Å². The van der Waals surface area contributed by atoms with Gasteiger partial charge in [0.25, 0.3) is 0 Å². The SMILES string of the molecule is c1ccc(-c2c3ccccc3c(-c3cccc4oc5cc(-c6c7ccccc7c(-c7cccc8c9ccccc9n(-c9ccccc9)c78)c7ccccc67)ccc5c34)c3ccccc23)cc1. The van der Waals surface area contributed by atoms with Gasteiger partial charge in [0.05, 0.1) is 11.0 Å². The van der Waals surface area contributed by atoms with E-state index < -0.39 is 0 Å². The van der Waals surface area contributed by atoms with Crippen LogP contribution in [0.3, 0.4) is 0 Å². The molecule has 2 heterocycles. The van der Waals surface area contributed by atoms with Crippen LogP contribution in [0, 0.1) is 0 Å². The summed E-state index contributed by atoms with van der Waals surface area (Å²) in [6.45, 7) is 0.